The van der Waals surface area contributed by atoms with Crippen LogP contribution in [0.25, 0.3) is 21.3 Å². The number of aromatic nitrogens is 4. The number of carbonyl (C=O) groups excluding carboxylic acids is 1. The molecule has 0 aliphatic heterocycles. The van der Waals surface area contributed by atoms with Crippen molar-refractivity contribution < 1.29 is 9.53 Å². The quantitative estimate of drug-likeness (QED) is 0.457. The summed E-state index contributed by atoms with van der Waals surface area (Å²) in [6.45, 7) is 4.49. The molecule has 0 aliphatic rings. The zero-order valence-electron chi connectivity index (χ0n) is 14.8. The number of imidazole rings is 1. The molecule has 0 aliphatic carbocycles. The highest BCUT2D eigenvalue weighted by Gasteiger charge is 2.20. The van der Waals surface area contributed by atoms with Gasteiger partial charge in [0.2, 0.25) is 0 Å². The second kappa shape index (κ2) is 6.84. The molecule has 138 valence electrons. The van der Waals surface area contributed by atoms with Gasteiger partial charge in [0, 0.05) is 6.54 Å². The van der Waals surface area contributed by atoms with Crippen molar-refractivity contribution >= 4 is 44.4 Å². The number of hydrogen-bond acceptors (Lipinski definition) is 7. The Morgan fingerprint density at radius 1 is 1.26 bits per heavy atom. The zero-order valence-corrected chi connectivity index (χ0v) is 15.6. The Hall–Kier alpha value is -3.20. The number of rotatable bonds is 5. The van der Waals surface area contributed by atoms with Gasteiger partial charge in [-0.15, -0.1) is 11.3 Å². The minimum absolute atomic E-state index is 0.229. The molecule has 3 aromatic heterocycles. The molecule has 0 spiro atoms. The molecule has 1 aromatic carbocycles. The topological polar surface area (TPSA) is 113 Å². The summed E-state index contributed by atoms with van der Waals surface area (Å²) in [7, 11) is 0. The molecule has 9 heteroatoms. The predicted octanol–water partition coefficient (Wildman–Crippen LogP) is 2.96. The van der Waals surface area contributed by atoms with Crippen molar-refractivity contribution in [2.75, 3.05) is 11.9 Å². The first-order valence-electron chi connectivity index (χ1n) is 8.43. The minimum Gasteiger partial charge on any atom is -0.462 e. The second-order valence-corrected chi connectivity index (χ2v) is 6.99. The Morgan fingerprint density at radius 2 is 2.07 bits per heavy atom. The standard InChI is InChI=1S/C18H17N5O3S/c1-3-26-17(24)14-9(2)13-15(20-8-21-16(13)27-14)19-7-10-4-5-11-12(6-10)23-18(25)22-11/h4-6,8H,3,7H2,1-2H3,(H,19,20,21)(H2,22,23,25). The SMILES string of the molecule is CCOC(=O)c1sc2ncnc(NCc3ccc4[nH]c(=O)[nH]c4c3)c2c1C. The summed E-state index contributed by atoms with van der Waals surface area (Å²) in [5.74, 6) is 0.317. The van der Waals surface area contributed by atoms with Crippen LogP contribution in [0.5, 0.6) is 0 Å². The molecule has 0 unspecified atom stereocenters. The van der Waals surface area contributed by atoms with Crippen LogP contribution in [0.2, 0.25) is 0 Å². The third-order valence-electron chi connectivity index (χ3n) is 4.23. The molecule has 4 rings (SSSR count). The number of aromatic amines is 2. The minimum atomic E-state index is -0.342. The molecule has 8 nitrogen and oxygen atoms in total. The molecule has 3 N–H and O–H groups in total. The number of thiophene rings is 1. The molecule has 0 fully saturated rings. The first-order valence-corrected chi connectivity index (χ1v) is 9.24. The molecule has 4 aromatic rings. The molecular weight excluding hydrogens is 366 g/mol. The van der Waals surface area contributed by atoms with Crippen molar-refractivity contribution in [1.29, 1.82) is 0 Å². The van der Waals surface area contributed by atoms with E-state index < -0.39 is 0 Å². The summed E-state index contributed by atoms with van der Waals surface area (Å²) in [4.78, 5) is 38.9. The number of esters is 1. The van der Waals surface area contributed by atoms with Gasteiger partial charge < -0.3 is 20.0 Å². The van der Waals surface area contributed by atoms with Gasteiger partial charge in [-0.1, -0.05) is 6.07 Å². The van der Waals surface area contributed by atoms with Gasteiger partial charge in [-0.2, -0.15) is 0 Å². The van der Waals surface area contributed by atoms with Crippen LogP contribution in [0.4, 0.5) is 5.82 Å². The van der Waals surface area contributed by atoms with Gasteiger partial charge >= 0.3 is 11.7 Å². The van der Waals surface area contributed by atoms with Crippen LogP contribution >= 0.6 is 11.3 Å². The normalized spacial score (nSPS) is 11.2. The third-order valence-corrected chi connectivity index (χ3v) is 5.41. The summed E-state index contributed by atoms with van der Waals surface area (Å²) >= 11 is 1.30. The number of fused-ring (bicyclic) bond motifs is 2. The summed E-state index contributed by atoms with van der Waals surface area (Å²) in [5, 5.41) is 4.12. The molecule has 0 radical (unpaired) electrons. The first-order chi connectivity index (χ1) is 13.1. The Labute approximate surface area is 157 Å². The van der Waals surface area contributed by atoms with Gasteiger partial charge in [-0.25, -0.2) is 19.6 Å². The van der Waals surface area contributed by atoms with Crippen LogP contribution in [0.3, 0.4) is 0 Å². The molecule has 0 bridgehead atoms. The number of H-pyrrole nitrogens is 2. The molecular formula is C18H17N5O3S. The average molecular weight is 383 g/mol. The van der Waals surface area contributed by atoms with E-state index in [-0.39, 0.29) is 11.7 Å². The van der Waals surface area contributed by atoms with Crippen molar-refractivity contribution in [3.8, 4) is 0 Å². The van der Waals surface area contributed by atoms with Gasteiger partial charge in [0.1, 0.15) is 21.9 Å². The van der Waals surface area contributed by atoms with Gasteiger partial charge in [-0.3, -0.25) is 0 Å². The van der Waals surface area contributed by atoms with Gasteiger partial charge in [0.25, 0.3) is 0 Å². The lowest BCUT2D eigenvalue weighted by Crippen LogP contribution is -2.04. The van der Waals surface area contributed by atoms with Crippen LogP contribution in [0.1, 0.15) is 27.7 Å². The van der Waals surface area contributed by atoms with E-state index in [1.54, 1.807) is 6.92 Å². The lowest BCUT2D eigenvalue weighted by molar-refractivity contribution is 0.0531. The summed E-state index contributed by atoms with van der Waals surface area (Å²) in [6.07, 6.45) is 1.47. The van der Waals surface area contributed by atoms with Crippen molar-refractivity contribution in [3.05, 3.63) is 51.0 Å². The van der Waals surface area contributed by atoms with E-state index in [2.05, 4.69) is 25.3 Å². The monoisotopic (exact) mass is 383 g/mol. The van der Waals surface area contributed by atoms with Gasteiger partial charge in [0.05, 0.1) is 23.0 Å². The maximum Gasteiger partial charge on any atom is 0.348 e. The van der Waals surface area contributed by atoms with E-state index in [9.17, 15) is 9.59 Å². The van der Waals surface area contributed by atoms with E-state index in [4.69, 9.17) is 4.74 Å². The number of nitrogens with one attached hydrogen (secondary N) is 3. The smallest absolute Gasteiger partial charge is 0.348 e. The molecule has 0 amide bonds. The third kappa shape index (κ3) is 3.17. The van der Waals surface area contributed by atoms with Crippen molar-refractivity contribution in [2.24, 2.45) is 0 Å². The number of anilines is 1. The molecule has 0 saturated carbocycles. The van der Waals surface area contributed by atoms with Crippen LogP contribution in [0.15, 0.2) is 29.3 Å². The Bertz CT molecular complexity index is 1210. The van der Waals surface area contributed by atoms with Crippen LogP contribution in [-0.2, 0) is 11.3 Å². The lowest BCUT2D eigenvalue weighted by atomic mass is 10.2. The summed E-state index contributed by atoms with van der Waals surface area (Å²) in [6, 6.07) is 5.69. The highest BCUT2D eigenvalue weighted by Crippen LogP contribution is 2.33. The van der Waals surface area contributed by atoms with Crippen LogP contribution in [-0.4, -0.2) is 32.5 Å². The number of ether oxygens (including phenoxy) is 1. The summed E-state index contributed by atoms with van der Waals surface area (Å²) in [5.41, 5.74) is 3.09. The Balaban J connectivity index is 1.64. The number of nitrogens with zero attached hydrogens (tertiary/aromatic N) is 2. The molecule has 0 atom stereocenters. The number of carbonyl (C=O) groups is 1. The number of benzene rings is 1. The molecule has 27 heavy (non-hydrogen) atoms. The Kier molecular flexibility index (Phi) is 4.36. The molecule has 3 heterocycles. The van der Waals surface area contributed by atoms with Crippen molar-refractivity contribution in [3.63, 3.8) is 0 Å². The maximum absolute atomic E-state index is 12.1. The number of aryl methyl sites for hydroxylation is 1. The second-order valence-electron chi connectivity index (χ2n) is 5.99. The van der Waals surface area contributed by atoms with Crippen LogP contribution < -0.4 is 11.0 Å². The highest BCUT2D eigenvalue weighted by atomic mass is 32.1. The molecule has 0 saturated heterocycles. The lowest BCUT2D eigenvalue weighted by Gasteiger charge is -2.07. The number of hydrogen-bond donors (Lipinski definition) is 3. The van der Waals surface area contributed by atoms with Crippen molar-refractivity contribution in [1.82, 2.24) is 19.9 Å². The van der Waals surface area contributed by atoms with E-state index in [0.29, 0.717) is 23.8 Å². The largest absolute Gasteiger partial charge is 0.462 e. The fourth-order valence-electron chi connectivity index (χ4n) is 2.97. The predicted molar refractivity (Wildman–Crippen MR) is 104 cm³/mol. The Morgan fingerprint density at radius 3 is 2.89 bits per heavy atom. The maximum atomic E-state index is 12.1. The fourth-order valence-corrected chi connectivity index (χ4v) is 4.01. The van der Waals surface area contributed by atoms with E-state index >= 15 is 0 Å². The first kappa shape index (κ1) is 17.2. The average Bonchev–Trinajstić information content (AvgIpc) is 3.19. The fraction of sp³-hybridized carbons (Fsp3) is 0.222. The zero-order chi connectivity index (χ0) is 19.0. The van der Waals surface area contributed by atoms with Crippen molar-refractivity contribution in [2.45, 2.75) is 20.4 Å². The van der Waals surface area contributed by atoms with Gasteiger partial charge in [0.15, 0.2) is 0 Å². The summed E-state index contributed by atoms with van der Waals surface area (Å²) < 4.78 is 5.12. The van der Waals surface area contributed by atoms with E-state index in [0.717, 1.165) is 32.4 Å². The highest BCUT2D eigenvalue weighted by molar-refractivity contribution is 7.20. The van der Waals surface area contributed by atoms with E-state index in [1.807, 2.05) is 25.1 Å². The van der Waals surface area contributed by atoms with E-state index in [1.165, 1.54) is 17.7 Å². The van der Waals surface area contributed by atoms with Gasteiger partial charge in [-0.05, 0) is 37.1 Å². The van der Waals surface area contributed by atoms with Crippen LogP contribution in [0, 0.1) is 6.92 Å².